The van der Waals surface area contributed by atoms with Crippen LogP contribution < -0.4 is 11.5 Å². The van der Waals surface area contributed by atoms with Gasteiger partial charge in [0.1, 0.15) is 11.3 Å². The van der Waals surface area contributed by atoms with Crippen LogP contribution in [-0.4, -0.2) is 21.1 Å². The average Bonchev–Trinajstić information content (AvgIpc) is 3.01. The van der Waals surface area contributed by atoms with Crippen molar-refractivity contribution in [3.05, 3.63) is 30.1 Å². The maximum atomic E-state index is 6.18. The van der Waals surface area contributed by atoms with Crippen LogP contribution in [0.1, 0.15) is 52.3 Å². The lowest BCUT2D eigenvalue weighted by atomic mass is 10.2. The fourth-order valence-corrected chi connectivity index (χ4v) is 3.09. The van der Waals surface area contributed by atoms with Gasteiger partial charge < -0.3 is 16.0 Å². The molecule has 5 nitrogen and oxygen atoms in total. The first-order valence-electron chi connectivity index (χ1n) is 9.49. The molecule has 0 radical (unpaired) electrons. The largest absolute Gasteiger partial charge is 0.382 e. The number of imidazole rings is 1. The number of nitrogen functional groups attached to an aromatic ring is 1. The van der Waals surface area contributed by atoms with E-state index in [4.69, 9.17) is 16.5 Å². The molecule has 0 aliphatic rings. The highest BCUT2D eigenvalue weighted by molar-refractivity contribution is 6.06. The van der Waals surface area contributed by atoms with Crippen molar-refractivity contribution in [2.24, 2.45) is 5.73 Å². The first-order chi connectivity index (χ1) is 12.3. The Hall–Kier alpha value is -2.14. The van der Waals surface area contributed by atoms with E-state index in [1.165, 1.54) is 0 Å². The fourth-order valence-electron chi connectivity index (χ4n) is 3.09. The van der Waals surface area contributed by atoms with E-state index in [0.717, 1.165) is 73.0 Å². The molecule has 25 heavy (non-hydrogen) atoms. The Balaban J connectivity index is 0.00000109. The minimum atomic E-state index is 0.522. The highest BCUT2D eigenvalue weighted by Gasteiger charge is 2.16. The highest BCUT2D eigenvalue weighted by Crippen LogP contribution is 2.29. The van der Waals surface area contributed by atoms with E-state index in [1.54, 1.807) is 0 Å². The Bertz CT molecular complexity index is 807. The Morgan fingerprint density at radius 3 is 2.52 bits per heavy atom. The van der Waals surface area contributed by atoms with Crippen molar-refractivity contribution < 1.29 is 0 Å². The summed E-state index contributed by atoms with van der Waals surface area (Å²) in [5.74, 6) is 1.64. The van der Waals surface area contributed by atoms with E-state index >= 15 is 0 Å². The van der Waals surface area contributed by atoms with Crippen LogP contribution >= 0.6 is 0 Å². The summed E-state index contributed by atoms with van der Waals surface area (Å²) in [4.78, 5) is 9.34. The van der Waals surface area contributed by atoms with E-state index in [1.807, 2.05) is 32.0 Å². The number of pyridine rings is 1. The third kappa shape index (κ3) is 4.10. The molecular weight excluding hydrogens is 310 g/mol. The topological polar surface area (TPSA) is 82.8 Å². The number of nitrogens with zero attached hydrogens (tertiary/aromatic N) is 3. The van der Waals surface area contributed by atoms with Crippen molar-refractivity contribution in [1.82, 2.24) is 14.5 Å². The molecule has 1 aromatic carbocycles. The lowest BCUT2D eigenvalue weighted by Gasteiger charge is -2.10. The van der Waals surface area contributed by atoms with Gasteiger partial charge in [0, 0.05) is 18.4 Å². The van der Waals surface area contributed by atoms with Crippen LogP contribution in [0.25, 0.3) is 21.9 Å². The highest BCUT2D eigenvalue weighted by atomic mass is 15.1. The second kappa shape index (κ2) is 9.37. The van der Waals surface area contributed by atoms with Gasteiger partial charge in [-0.3, -0.25) is 0 Å². The van der Waals surface area contributed by atoms with Gasteiger partial charge in [-0.1, -0.05) is 45.4 Å². The Labute approximate surface area is 150 Å². The number of para-hydroxylation sites is 1. The number of benzene rings is 1. The van der Waals surface area contributed by atoms with Crippen molar-refractivity contribution in [3.63, 3.8) is 0 Å². The summed E-state index contributed by atoms with van der Waals surface area (Å²) in [6.07, 6.45) is 5.33. The van der Waals surface area contributed by atoms with Gasteiger partial charge in [-0.2, -0.15) is 0 Å². The number of aryl methyl sites for hydroxylation is 2. The smallest absolute Gasteiger partial charge is 0.152 e. The van der Waals surface area contributed by atoms with Crippen LogP contribution in [0.3, 0.4) is 0 Å². The molecular formula is C20H31N5. The van der Waals surface area contributed by atoms with Crippen LogP contribution in [0.15, 0.2) is 24.3 Å². The number of nitrogens with two attached hydrogens (primary N) is 2. The van der Waals surface area contributed by atoms with Crippen LogP contribution in [0.5, 0.6) is 0 Å². The van der Waals surface area contributed by atoms with Gasteiger partial charge in [0.2, 0.25) is 0 Å². The number of rotatable bonds is 7. The van der Waals surface area contributed by atoms with Crippen molar-refractivity contribution in [1.29, 1.82) is 0 Å². The zero-order chi connectivity index (χ0) is 18.2. The summed E-state index contributed by atoms with van der Waals surface area (Å²) < 4.78 is 2.33. The maximum absolute atomic E-state index is 6.18. The van der Waals surface area contributed by atoms with Crippen LogP contribution in [-0.2, 0) is 13.0 Å². The first-order valence-corrected chi connectivity index (χ1v) is 9.49. The van der Waals surface area contributed by atoms with Crippen molar-refractivity contribution in [2.75, 3.05) is 12.3 Å². The molecule has 5 heteroatoms. The normalized spacial score (nSPS) is 10.9. The van der Waals surface area contributed by atoms with Gasteiger partial charge in [-0.25, -0.2) is 9.97 Å². The molecule has 3 aromatic rings. The number of unbranched alkanes of at least 4 members (excludes halogenated alkanes) is 2. The molecule has 2 heterocycles. The summed E-state index contributed by atoms with van der Waals surface area (Å²) in [5.41, 5.74) is 14.7. The third-order valence-corrected chi connectivity index (χ3v) is 4.28. The molecule has 136 valence electrons. The van der Waals surface area contributed by atoms with E-state index < -0.39 is 0 Å². The van der Waals surface area contributed by atoms with Gasteiger partial charge >= 0.3 is 0 Å². The van der Waals surface area contributed by atoms with Gasteiger partial charge in [-0.15, -0.1) is 0 Å². The van der Waals surface area contributed by atoms with Crippen molar-refractivity contribution in [2.45, 2.75) is 59.4 Å². The van der Waals surface area contributed by atoms with E-state index in [0.29, 0.717) is 5.82 Å². The molecule has 0 saturated heterocycles. The van der Waals surface area contributed by atoms with Gasteiger partial charge in [0.05, 0.1) is 11.0 Å². The Morgan fingerprint density at radius 2 is 1.80 bits per heavy atom. The number of hydrogen-bond acceptors (Lipinski definition) is 4. The monoisotopic (exact) mass is 341 g/mol. The van der Waals surface area contributed by atoms with Crippen LogP contribution in [0.2, 0.25) is 0 Å². The lowest BCUT2D eigenvalue weighted by molar-refractivity contribution is 0.593. The Kier molecular flexibility index (Phi) is 7.19. The predicted octanol–water partition coefficient (Wildman–Crippen LogP) is 4.27. The quantitative estimate of drug-likeness (QED) is 0.629. The molecule has 2 aromatic heterocycles. The van der Waals surface area contributed by atoms with E-state index in [-0.39, 0.29) is 0 Å². The van der Waals surface area contributed by atoms with Crippen LogP contribution in [0, 0.1) is 0 Å². The summed E-state index contributed by atoms with van der Waals surface area (Å²) in [6.45, 7) is 7.86. The van der Waals surface area contributed by atoms with Crippen molar-refractivity contribution >= 4 is 27.8 Å². The summed E-state index contributed by atoms with van der Waals surface area (Å²) >= 11 is 0. The van der Waals surface area contributed by atoms with Crippen LogP contribution in [0.4, 0.5) is 5.82 Å². The standard InChI is InChI=1S/C18H25N5.C2H6/c1-2-3-10-15-22-16-17(23(15)12-7-6-11-19)13-8-4-5-9-14(13)21-18(16)20;1-2/h4-5,8-9H,2-3,6-7,10-12,19H2,1H3,(H2,20,21);1-2H3. The molecule has 0 amide bonds. The van der Waals surface area contributed by atoms with Gasteiger partial charge in [0.15, 0.2) is 5.82 Å². The fraction of sp³-hybridized carbons (Fsp3) is 0.500. The molecule has 0 spiro atoms. The average molecular weight is 342 g/mol. The Morgan fingerprint density at radius 1 is 1.04 bits per heavy atom. The number of fused-ring (bicyclic) bond motifs is 3. The number of hydrogen-bond donors (Lipinski definition) is 2. The molecule has 0 saturated carbocycles. The molecule has 0 fully saturated rings. The molecule has 0 aliphatic heterocycles. The van der Waals surface area contributed by atoms with Gasteiger partial charge in [0.25, 0.3) is 0 Å². The molecule has 0 atom stereocenters. The molecule has 0 aliphatic carbocycles. The minimum absolute atomic E-state index is 0.522. The molecule has 3 rings (SSSR count). The lowest BCUT2D eigenvalue weighted by Crippen LogP contribution is -2.07. The zero-order valence-corrected chi connectivity index (χ0v) is 15.8. The van der Waals surface area contributed by atoms with E-state index in [9.17, 15) is 0 Å². The molecule has 4 N–H and O–H groups in total. The predicted molar refractivity (Wildman–Crippen MR) is 108 cm³/mol. The number of aromatic nitrogens is 3. The maximum Gasteiger partial charge on any atom is 0.152 e. The molecule has 0 bridgehead atoms. The zero-order valence-electron chi connectivity index (χ0n) is 15.8. The first kappa shape index (κ1) is 19.2. The summed E-state index contributed by atoms with van der Waals surface area (Å²) in [5, 5.41) is 1.12. The second-order valence-electron chi connectivity index (χ2n) is 5.99. The number of anilines is 1. The second-order valence-corrected chi connectivity index (χ2v) is 5.99. The SMILES string of the molecule is CC.CCCCc1nc2c(N)nc3ccccc3c2n1CCCCN. The van der Waals surface area contributed by atoms with E-state index in [2.05, 4.69) is 22.5 Å². The molecule has 0 unspecified atom stereocenters. The van der Waals surface area contributed by atoms with Gasteiger partial charge in [-0.05, 0) is 31.9 Å². The summed E-state index contributed by atoms with van der Waals surface area (Å²) in [7, 11) is 0. The minimum Gasteiger partial charge on any atom is -0.382 e. The summed E-state index contributed by atoms with van der Waals surface area (Å²) in [6, 6.07) is 8.15. The third-order valence-electron chi connectivity index (χ3n) is 4.28. The van der Waals surface area contributed by atoms with Crippen molar-refractivity contribution in [3.8, 4) is 0 Å².